The van der Waals surface area contributed by atoms with Gasteiger partial charge in [-0.2, -0.15) is 0 Å². The average Bonchev–Trinajstić information content (AvgIpc) is 2.69. The molecule has 0 aliphatic heterocycles. The summed E-state index contributed by atoms with van der Waals surface area (Å²) in [6.07, 6.45) is 14.5. The topological polar surface area (TPSA) is 60.7 Å². The van der Waals surface area contributed by atoms with Crippen molar-refractivity contribution >= 4 is 0 Å². The van der Waals surface area contributed by atoms with Gasteiger partial charge in [0, 0.05) is 0 Å². The molecule has 0 radical (unpaired) electrons. The van der Waals surface area contributed by atoms with Gasteiger partial charge in [0.25, 0.3) is 0 Å². The van der Waals surface area contributed by atoms with E-state index in [1.807, 2.05) is 12.1 Å². The van der Waals surface area contributed by atoms with Crippen molar-refractivity contribution in [3.05, 3.63) is 34.9 Å². The third-order valence-corrected chi connectivity index (χ3v) is 7.60. The minimum atomic E-state index is -0.859. The van der Waals surface area contributed by atoms with Crippen LogP contribution in [0.3, 0.4) is 0 Å². The highest BCUT2D eigenvalue weighted by Gasteiger charge is 2.42. The van der Waals surface area contributed by atoms with Crippen LogP contribution in [-0.2, 0) is 16.8 Å². The third kappa shape index (κ3) is 3.71. The Labute approximate surface area is 163 Å². The van der Waals surface area contributed by atoms with Crippen LogP contribution in [0.1, 0.15) is 113 Å². The van der Waals surface area contributed by atoms with Crippen LogP contribution in [0.5, 0.6) is 0 Å². The molecule has 4 rings (SSSR count). The van der Waals surface area contributed by atoms with Gasteiger partial charge in [-0.15, -0.1) is 0 Å². The maximum absolute atomic E-state index is 11.6. The minimum absolute atomic E-state index is 0.762. The molecule has 3 aliphatic rings. The summed E-state index contributed by atoms with van der Waals surface area (Å²) < 4.78 is 0. The molecule has 0 saturated heterocycles. The van der Waals surface area contributed by atoms with E-state index in [2.05, 4.69) is 6.07 Å². The Hall–Kier alpha value is -0.900. The summed E-state index contributed by atoms with van der Waals surface area (Å²) in [5, 5.41) is 34.3. The van der Waals surface area contributed by atoms with Gasteiger partial charge in [-0.05, 0) is 61.3 Å². The Balaban J connectivity index is 1.79. The van der Waals surface area contributed by atoms with Gasteiger partial charge in [-0.25, -0.2) is 0 Å². The first kappa shape index (κ1) is 19.4. The first-order chi connectivity index (χ1) is 13.0. The second-order valence-corrected chi connectivity index (χ2v) is 9.54. The van der Waals surface area contributed by atoms with Crippen molar-refractivity contribution in [3.63, 3.8) is 0 Å². The van der Waals surface area contributed by atoms with Crippen LogP contribution < -0.4 is 0 Å². The Bertz CT molecular complexity index is 648. The van der Waals surface area contributed by atoms with Crippen molar-refractivity contribution in [2.24, 2.45) is 0 Å². The molecule has 1 aromatic carbocycles. The highest BCUT2D eigenvalue weighted by atomic mass is 16.3. The molecule has 0 bridgehead atoms. The fourth-order valence-corrected chi connectivity index (χ4v) is 5.86. The first-order valence-electron chi connectivity index (χ1n) is 11.3. The largest absolute Gasteiger partial charge is 0.385 e. The molecule has 1 aromatic rings. The molecular weight excluding hydrogens is 336 g/mol. The van der Waals surface area contributed by atoms with Crippen LogP contribution in [0.2, 0.25) is 0 Å². The normalized spacial score (nSPS) is 27.2. The van der Waals surface area contributed by atoms with E-state index in [-0.39, 0.29) is 0 Å². The molecular formula is C24H36O3. The second-order valence-electron chi connectivity index (χ2n) is 9.54. The van der Waals surface area contributed by atoms with Crippen LogP contribution in [0.25, 0.3) is 0 Å². The zero-order valence-corrected chi connectivity index (χ0v) is 16.7. The van der Waals surface area contributed by atoms with Crippen LogP contribution in [0.4, 0.5) is 0 Å². The summed E-state index contributed by atoms with van der Waals surface area (Å²) in [4.78, 5) is 0. The quantitative estimate of drug-likeness (QED) is 0.688. The minimum Gasteiger partial charge on any atom is -0.385 e. The first-order valence-corrected chi connectivity index (χ1v) is 11.3. The van der Waals surface area contributed by atoms with Gasteiger partial charge in [-0.3, -0.25) is 0 Å². The summed E-state index contributed by atoms with van der Waals surface area (Å²) in [5.74, 6) is 0. The predicted molar refractivity (Wildman–Crippen MR) is 107 cm³/mol. The van der Waals surface area contributed by atoms with E-state index >= 15 is 0 Å². The SMILES string of the molecule is OC1(c2ccc(C3(O)CCCCC3)c(C3(O)CCCCC3)c2)CCCCC1. The molecule has 3 N–H and O–H groups in total. The summed E-state index contributed by atoms with van der Waals surface area (Å²) >= 11 is 0. The maximum Gasteiger partial charge on any atom is 0.0900 e. The van der Waals surface area contributed by atoms with Gasteiger partial charge in [0.1, 0.15) is 0 Å². The Morgan fingerprint density at radius 3 is 1.37 bits per heavy atom. The molecule has 0 unspecified atom stereocenters. The molecule has 3 heteroatoms. The Morgan fingerprint density at radius 1 is 0.481 bits per heavy atom. The molecule has 0 amide bonds. The van der Waals surface area contributed by atoms with Crippen molar-refractivity contribution in [2.75, 3.05) is 0 Å². The van der Waals surface area contributed by atoms with E-state index in [0.717, 1.165) is 93.7 Å². The van der Waals surface area contributed by atoms with Crippen molar-refractivity contribution < 1.29 is 15.3 Å². The molecule has 150 valence electrons. The number of rotatable bonds is 3. The van der Waals surface area contributed by atoms with Crippen molar-refractivity contribution in [1.82, 2.24) is 0 Å². The lowest BCUT2D eigenvalue weighted by Gasteiger charge is -2.41. The highest BCUT2D eigenvalue weighted by molar-refractivity contribution is 5.42. The van der Waals surface area contributed by atoms with E-state index in [4.69, 9.17) is 0 Å². The van der Waals surface area contributed by atoms with Crippen molar-refractivity contribution in [2.45, 2.75) is 113 Å². The Kier molecular flexibility index (Phi) is 5.39. The van der Waals surface area contributed by atoms with E-state index in [1.54, 1.807) is 0 Å². The predicted octanol–water partition coefficient (Wildman–Crippen LogP) is 5.14. The van der Waals surface area contributed by atoms with Crippen LogP contribution in [0.15, 0.2) is 18.2 Å². The van der Waals surface area contributed by atoms with Crippen molar-refractivity contribution in [3.8, 4) is 0 Å². The summed E-state index contributed by atoms with van der Waals surface area (Å²) in [7, 11) is 0. The monoisotopic (exact) mass is 372 g/mol. The van der Waals surface area contributed by atoms with Gasteiger partial charge >= 0.3 is 0 Å². The fourth-order valence-electron chi connectivity index (χ4n) is 5.86. The molecule has 0 heterocycles. The standard InChI is InChI=1S/C24H36O3/c25-22(12-4-1-5-13-22)19-10-11-20(23(26)14-6-2-7-15-23)21(18-19)24(27)16-8-3-9-17-24/h10-11,18,25-27H,1-9,12-17H2. The zero-order chi connectivity index (χ0) is 19.0. The van der Waals surface area contributed by atoms with E-state index < -0.39 is 16.8 Å². The number of hydrogen-bond acceptors (Lipinski definition) is 3. The highest BCUT2D eigenvalue weighted by Crippen LogP contribution is 2.47. The molecule has 3 fully saturated rings. The molecule has 3 nitrogen and oxygen atoms in total. The smallest absolute Gasteiger partial charge is 0.0900 e. The number of benzene rings is 1. The third-order valence-electron chi connectivity index (χ3n) is 7.60. The van der Waals surface area contributed by atoms with Gasteiger partial charge in [0.15, 0.2) is 0 Å². The number of hydrogen-bond donors (Lipinski definition) is 3. The lowest BCUT2D eigenvalue weighted by atomic mass is 9.69. The van der Waals surface area contributed by atoms with E-state index in [1.165, 1.54) is 19.3 Å². The number of aliphatic hydroxyl groups is 3. The summed E-state index contributed by atoms with van der Waals surface area (Å²) in [6.45, 7) is 0. The fraction of sp³-hybridized carbons (Fsp3) is 0.750. The van der Waals surface area contributed by atoms with Crippen LogP contribution >= 0.6 is 0 Å². The zero-order valence-electron chi connectivity index (χ0n) is 16.7. The molecule has 27 heavy (non-hydrogen) atoms. The molecule has 0 spiro atoms. The van der Waals surface area contributed by atoms with Crippen LogP contribution in [-0.4, -0.2) is 15.3 Å². The molecule has 0 atom stereocenters. The van der Waals surface area contributed by atoms with Gasteiger partial charge in [0.05, 0.1) is 16.8 Å². The second kappa shape index (κ2) is 7.50. The average molecular weight is 373 g/mol. The van der Waals surface area contributed by atoms with Gasteiger partial charge in [-0.1, -0.05) is 69.9 Å². The maximum atomic E-state index is 11.6. The van der Waals surface area contributed by atoms with E-state index in [9.17, 15) is 15.3 Å². The van der Waals surface area contributed by atoms with Gasteiger partial charge in [0.2, 0.25) is 0 Å². The lowest BCUT2D eigenvalue weighted by Crippen LogP contribution is -2.37. The lowest BCUT2D eigenvalue weighted by molar-refractivity contribution is -0.0262. The van der Waals surface area contributed by atoms with Crippen molar-refractivity contribution in [1.29, 1.82) is 0 Å². The molecule has 3 aliphatic carbocycles. The van der Waals surface area contributed by atoms with E-state index in [0.29, 0.717) is 0 Å². The summed E-state index contributed by atoms with van der Waals surface area (Å²) in [6, 6.07) is 6.14. The van der Waals surface area contributed by atoms with Gasteiger partial charge < -0.3 is 15.3 Å². The molecule has 0 aromatic heterocycles. The summed E-state index contributed by atoms with van der Waals surface area (Å²) in [5.41, 5.74) is 0.319. The Morgan fingerprint density at radius 2 is 0.889 bits per heavy atom. The molecule has 3 saturated carbocycles. The van der Waals surface area contributed by atoms with Crippen LogP contribution in [0, 0.1) is 0 Å².